The van der Waals surface area contributed by atoms with Crippen LogP contribution in [0.25, 0.3) is 0 Å². The average Bonchev–Trinajstić information content (AvgIpc) is 2.71. The molecule has 0 bridgehead atoms. The highest BCUT2D eigenvalue weighted by Crippen LogP contribution is 2.29. The minimum atomic E-state index is -0.326. The van der Waals surface area contributed by atoms with Gasteiger partial charge in [-0.3, -0.25) is 14.5 Å². The largest absolute Gasteiger partial charge is 0.336 e. The average molecular weight is 434 g/mol. The Bertz CT molecular complexity index is 840. The van der Waals surface area contributed by atoms with Crippen molar-refractivity contribution in [1.29, 1.82) is 0 Å². The summed E-state index contributed by atoms with van der Waals surface area (Å²) in [6, 6.07) is 15.3. The Kier molecular flexibility index (Phi) is 7.53. The summed E-state index contributed by atoms with van der Waals surface area (Å²) in [6.45, 7) is 2.47. The first-order chi connectivity index (χ1) is 13.9. The van der Waals surface area contributed by atoms with E-state index < -0.39 is 0 Å². The van der Waals surface area contributed by atoms with E-state index in [0.29, 0.717) is 22.3 Å². The lowest BCUT2D eigenvalue weighted by atomic mass is 9.96. The molecule has 0 aromatic heterocycles. The van der Waals surface area contributed by atoms with Gasteiger partial charge in [0.15, 0.2) is 0 Å². The summed E-state index contributed by atoms with van der Waals surface area (Å²) >= 11 is 12.2. The predicted octanol–water partition coefficient (Wildman–Crippen LogP) is 4.30. The van der Waals surface area contributed by atoms with Crippen molar-refractivity contribution in [3.8, 4) is 0 Å². The topological polar surface area (TPSA) is 52.7 Å². The summed E-state index contributed by atoms with van der Waals surface area (Å²) in [7, 11) is 1.66. The molecule has 0 spiro atoms. The van der Waals surface area contributed by atoms with Crippen molar-refractivity contribution in [2.24, 2.45) is 5.92 Å². The van der Waals surface area contributed by atoms with Crippen LogP contribution >= 0.6 is 23.2 Å². The second-order valence-corrected chi connectivity index (χ2v) is 8.21. The van der Waals surface area contributed by atoms with Crippen molar-refractivity contribution in [3.05, 3.63) is 64.1 Å². The first-order valence-corrected chi connectivity index (χ1v) is 10.4. The molecule has 7 heteroatoms. The SMILES string of the molecule is CN(CC(=O)Nc1c(Cl)cccc1Cl)C(=O)C1CCCN(Cc2ccccc2)C1. The molecule has 1 unspecified atom stereocenters. The van der Waals surface area contributed by atoms with E-state index >= 15 is 0 Å². The third-order valence-corrected chi connectivity index (χ3v) is 5.72. The van der Waals surface area contributed by atoms with Gasteiger partial charge >= 0.3 is 0 Å². The van der Waals surface area contributed by atoms with Gasteiger partial charge in [-0.1, -0.05) is 59.6 Å². The van der Waals surface area contributed by atoms with Crippen LogP contribution < -0.4 is 5.32 Å². The van der Waals surface area contributed by atoms with Gasteiger partial charge in [0.1, 0.15) is 0 Å². The molecular weight excluding hydrogens is 409 g/mol. The van der Waals surface area contributed by atoms with E-state index in [1.54, 1.807) is 25.2 Å². The minimum Gasteiger partial charge on any atom is -0.336 e. The first kappa shape index (κ1) is 21.6. The number of benzene rings is 2. The number of nitrogens with zero attached hydrogens (tertiary/aromatic N) is 2. The number of rotatable bonds is 6. The summed E-state index contributed by atoms with van der Waals surface area (Å²) in [5.41, 5.74) is 1.61. The predicted molar refractivity (Wildman–Crippen MR) is 117 cm³/mol. The van der Waals surface area contributed by atoms with Crippen LogP contribution in [0, 0.1) is 5.92 Å². The molecule has 0 aliphatic carbocycles. The van der Waals surface area contributed by atoms with Gasteiger partial charge in [-0.25, -0.2) is 0 Å². The molecule has 1 heterocycles. The number of amides is 2. The summed E-state index contributed by atoms with van der Waals surface area (Å²) in [5, 5.41) is 3.43. The lowest BCUT2D eigenvalue weighted by Crippen LogP contribution is -2.45. The molecule has 0 radical (unpaired) electrons. The molecule has 29 heavy (non-hydrogen) atoms. The van der Waals surface area contributed by atoms with Crippen molar-refractivity contribution < 1.29 is 9.59 Å². The molecule has 5 nitrogen and oxygen atoms in total. The van der Waals surface area contributed by atoms with Gasteiger partial charge in [0.2, 0.25) is 11.8 Å². The van der Waals surface area contributed by atoms with E-state index in [4.69, 9.17) is 23.2 Å². The van der Waals surface area contributed by atoms with E-state index in [1.807, 2.05) is 18.2 Å². The summed E-state index contributed by atoms with van der Waals surface area (Å²) < 4.78 is 0. The maximum Gasteiger partial charge on any atom is 0.244 e. The highest BCUT2D eigenvalue weighted by atomic mass is 35.5. The number of nitrogens with one attached hydrogen (secondary N) is 1. The molecule has 1 aliphatic rings. The van der Waals surface area contributed by atoms with Crippen LogP contribution in [0.5, 0.6) is 0 Å². The normalized spacial score (nSPS) is 17.0. The highest BCUT2D eigenvalue weighted by molar-refractivity contribution is 6.39. The van der Waals surface area contributed by atoms with Gasteiger partial charge in [-0.2, -0.15) is 0 Å². The fourth-order valence-electron chi connectivity index (χ4n) is 3.64. The Morgan fingerprint density at radius 1 is 1.10 bits per heavy atom. The van der Waals surface area contributed by atoms with Gasteiger partial charge < -0.3 is 10.2 Å². The number of halogens is 2. The van der Waals surface area contributed by atoms with E-state index in [-0.39, 0.29) is 24.3 Å². The zero-order valence-corrected chi connectivity index (χ0v) is 17.9. The molecule has 3 rings (SSSR count). The molecule has 154 valence electrons. The zero-order valence-electron chi connectivity index (χ0n) is 16.4. The fraction of sp³-hybridized carbons (Fsp3) is 0.364. The zero-order chi connectivity index (χ0) is 20.8. The lowest BCUT2D eigenvalue weighted by Gasteiger charge is -2.33. The van der Waals surface area contributed by atoms with Crippen LogP contribution in [-0.2, 0) is 16.1 Å². The number of likely N-dealkylation sites (tertiary alicyclic amines) is 1. The molecule has 1 aliphatic heterocycles. The molecule has 0 saturated carbocycles. The smallest absolute Gasteiger partial charge is 0.244 e. The van der Waals surface area contributed by atoms with Crippen LogP contribution in [-0.4, -0.2) is 48.3 Å². The van der Waals surface area contributed by atoms with Crippen LogP contribution in [0.2, 0.25) is 10.0 Å². The second-order valence-electron chi connectivity index (χ2n) is 7.40. The number of hydrogen-bond donors (Lipinski definition) is 1. The summed E-state index contributed by atoms with van der Waals surface area (Å²) in [4.78, 5) is 29.1. The number of anilines is 1. The first-order valence-electron chi connectivity index (χ1n) is 9.69. The quantitative estimate of drug-likeness (QED) is 0.738. The molecule has 1 atom stereocenters. The number of carbonyl (C=O) groups is 2. The number of hydrogen-bond acceptors (Lipinski definition) is 3. The molecule has 2 aromatic rings. The summed E-state index contributed by atoms with van der Waals surface area (Å²) in [6.07, 6.45) is 1.81. The van der Waals surface area contributed by atoms with Crippen molar-refractivity contribution in [2.45, 2.75) is 19.4 Å². The number of carbonyl (C=O) groups excluding carboxylic acids is 2. The Balaban J connectivity index is 1.54. The fourth-order valence-corrected chi connectivity index (χ4v) is 4.14. The van der Waals surface area contributed by atoms with Gasteiger partial charge in [0.05, 0.1) is 28.2 Å². The van der Waals surface area contributed by atoms with E-state index in [0.717, 1.165) is 25.9 Å². The monoisotopic (exact) mass is 433 g/mol. The Hall–Kier alpha value is -2.08. The van der Waals surface area contributed by atoms with E-state index in [1.165, 1.54) is 10.5 Å². The number of para-hydroxylation sites is 1. The maximum absolute atomic E-state index is 12.9. The third-order valence-electron chi connectivity index (χ3n) is 5.09. The number of piperidine rings is 1. The van der Waals surface area contributed by atoms with E-state index in [2.05, 4.69) is 22.3 Å². The van der Waals surface area contributed by atoms with Gasteiger partial charge in [-0.05, 0) is 37.1 Å². The Morgan fingerprint density at radius 2 is 1.79 bits per heavy atom. The van der Waals surface area contributed by atoms with Crippen molar-refractivity contribution in [3.63, 3.8) is 0 Å². The van der Waals surface area contributed by atoms with Gasteiger partial charge in [-0.15, -0.1) is 0 Å². The number of likely N-dealkylation sites (N-methyl/N-ethyl adjacent to an activating group) is 1. The minimum absolute atomic E-state index is 0.0110. The van der Waals surface area contributed by atoms with Crippen LogP contribution in [0.4, 0.5) is 5.69 Å². The van der Waals surface area contributed by atoms with Crippen molar-refractivity contribution in [1.82, 2.24) is 9.80 Å². The Morgan fingerprint density at radius 3 is 2.48 bits per heavy atom. The second kappa shape index (κ2) is 10.1. The molecule has 2 amide bonds. The molecule has 2 aromatic carbocycles. The van der Waals surface area contributed by atoms with Crippen molar-refractivity contribution in [2.75, 3.05) is 32.0 Å². The highest BCUT2D eigenvalue weighted by Gasteiger charge is 2.28. The van der Waals surface area contributed by atoms with Crippen LogP contribution in [0.3, 0.4) is 0 Å². The van der Waals surface area contributed by atoms with Gasteiger partial charge in [0.25, 0.3) is 0 Å². The summed E-state index contributed by atoms with van der Waals surface area (Å²) in [5.74, 6) is -0.440. The van der Waals surface area contributed by atoms with Crippen LogP contribution in [0.1, 0.15) is 18.4 Å². The van der Waals surface area contributed by atoms with Gasteiger partial charge in [0, 0.05) is 20.1 Å². The van der Waals surface area contributed by atoms with E-state index in [9.17, 15) is 9.59 Å². The van der Waals surface area contributed by atoms with Crippen molar-refractivity contribution >= 4 is 40.7 Å². The molecule has 1 N–H and O–H groups in total. The van der Waals surface area contributed by atoms with Crippen LogP contribution in [0.15, 0.2) is 48.5 Å². The lowest BCUT2D eigenvalue weighted by molar-refractivity contribution is -0.138. The molecule has 1 fully saturated rings. The standard InChI is InChI=1S/C22H25Cl2N3O2/c1-26(15-20(28)25-21-18(23)10-5-11-19(21)24)22(29)17-9-6-12-27(14-17)13-16-7-3-2-4-8-16/h2-5,7-8,10-11,17H,6,9,12-15H2,1H3,(H,25,28). The maximum atomic E-state index is 12.9. The molecular formula is C22H25Cl2N3O2. The molecule has 1 saturated heterocycles. The third kappa shape index (κ3) is 5.95. The Labute approximate surface area is 181 Å².